The predicted molar refractivity (Wildman–Crippen MR) is 105 cm³/mol. The van der Waals surface area contributed by atoms with Crippen molar-refractivity contribution < 1.29 is 17.6 Å². The molecule has 148 valence electrons. The van der Waals surface area contributed by atoms with E-state index in [4.69, 9.17) is 0 Å². The van der Waals surface area contributed by atoms with Gasteiger partial charge < -0.3 is 0 Å². The van der Waals surface area contributed by atoms with Crippen LogP contribution in [0, 0.1) is 5.82 Å². The number of carbonyl (C=O) groups is 1. The Morgan fingerprint density at radius 1 is 1.04 bits per heavy atom. The van der Waals surface area contributed by atoms with E-state index in [0.717, 1.165) is 19.3 Å². The first-order valence-electron chi connectivity index (χ1n) is 9.09. The molecular weight excluding hydrogens is 381 g/mol. The highest BCUT2D eigenvalue weighted by atomic mass is 32.2. The second kappa shape index (κ2) is 8.62. The summed E-state index contributed by atoms with van der Waals surface area (Å²) in [6, 6.07) is 11.7. The molecule has 0 aliphatic carbocycles. The van der Waals surface area contributed by atoms with E-state index < -0.39 is 15.9 Å². The van der Waals surface area contributed by atoms with Crippen molar-refractivity contribution in [3.8, 4) is 0 Å². The van der Waals surface area contributed by atoms with Crippen LogP contribution in [-0.4, -0.2) is 37.4 Å². The van der Waals surface area contributed by atoms with Gasteiger partial charge in [0, 0.05) is 18.7 Å². The van der Waals surface area contributed by atoms with Gasteiger partial charge >= 0.3 is 0 Å². The van der Waals surface area contributed by atoms with Crippen LogP contribution in [0.4, 0.5) is 4.39 Å². The minimum atomic E-state index is -3.61. The first kappa shape index (κ1) is 20.2. The van der Waals surface area contributed by atoms with Crippen LogP contribution < -0.4 is 5.43 Å². The number of nitrogens with zero attached hydrogens (tertiary/aromatic N) is 2. The van der Waals surface area contributed by atoms with E-state index in [1.807, 2.05) is 0 Å². The molecule has 2 aromatic rings. The van der Waals surface area contributed by atoms with Gasteiger partial charge in [0.1, 0.15) is 5.82 Å². The van der Waals surface area contributed by atoms with Gasteiger partial charge in [-0.2, -0.15) is 9.41 Å². The number of amides is 1. The molecule has 1 heterocycles. The van der Waals surface area contributed by atoms with Crippen molar-refractivity contribution in [2.75, 3.05) is 13.1 Å². The van der Waals surface area contributed by atoms with Crippen LogP contribution in [0.15, 0.2) is 58.5 Å². The van der Waals surface area contributed by atoms with Gasteiger partial charge in [-0.3, -0.25) is 4.79 Å². The number of nitrogens with one attached hydrogen (secondary N) is 1. The summed E-state index contributed by atoms with van der Waals surface area (Å²) in [5.74, 6) is -0.871. The molecule has 0 bridgehead atoms. The number of carbonyl (C=O) groups excluding carboxylic acids is 1. The summed E-state index contributed by atoms with van der Waals surface area (Å²) in [7, 11) is -3.61. The van der Waals surface area contributed by atoms with E-state index in [-0.39, 0.29) is 16.3 Å². The Morgan fingerprint density at radius 2 is 1.71 bits per heavy atom. The molecule has 0 spiro atoms. The van der Waals surface area contributed by atoms with Crippen LogP contribution >= 0.6 is 0 Å². The Hall–Kier alpha value is -2.58. The van der Waals surface area contributed by atoms with Crippen molar-refractivity contribution in [3.05, 3.63) is 65.5 Å². The van der Waals surface area contributed by atoms with Gasteiger partial charge in [-0.25, -0.2) is 18.2 Å². The van der Waals surface area contributed by atoms with Gasteiger partial charge in [-0.05, 0) is 55.7 Å². The first-order valence-corrected chi connectivity index (χ1v) is 10.5. The molecule has 1 aliphatic heterocycles. The van der Waals surface area contributed by atoms with Crippen molar-refractivity contribution >= 4 is 21.6 Å². The molecule has 1 amide bonds. The summed E-state index contributed by atoms with van der Waals surface area (Å²) < 4.78 is 40.0. The van der Waals surface area contributed by atoms with Crippen LogP contribution in [-0.2, 0) is 10.0 Å². The number of hydrogen-bond acceptors (Lipinski definition) is 4. The van der Waals surface area contributed by atoms with Gasteiger partial charge in [-0.15, -0.1) is 0 Å². The van der Waals surface area contributed by atoms with E-state index >= 15 is 0 Å². The Bertz CT molecular complexity index is 982. The molecule has 1 N–H and O–H groups in total. The number of benzene rings is 2. The van der Waals surface area contributed by atoms with Crippen LogP contribution in [0.1, 0.15) is 42.1 Å². The lowest BCUT2D eigenvalue weighted by molar-refractivity contribution is 0.0954. The molecule has 0 atom stereocenters. The second-order valence-electron chi connectivity index (χ2n) is 6.64. The highest BCUT2D eigenvalue weighted by Gasteiger charge is 2.26. The third-order valence-corrected chi connectivity index (χ3v) is 6.53. The summed E-state index contributed by atoms with van der Waals surface area (Å²) >= 11 is 0. The zero-order chi connectivity index (χ0) is 20.1. The quantitative estimate of drug-likeness (QED) is 0.615. The fraction of sp³-hybridized carbons (Fsp3) is 0.300. The molecule has 0 aromatic heterocycles. The number of rotatable bonds is 5. The maximum atomic E-state index is 13.0. The standard InChI is InChI=1S/C20H22FN3O3S/c1-15(16-8-10-18(21)11-9-16)22-23-20(25)17-6-5-7-19(14-17)28(26,27)24-12-3-2-4-13-24/h5-11,14H,2-4,12-13H2,1H3,(H,23,25)/b22-15-. The number of sulfonamides is 1. The fourth-order valence-corrected chi connectivity index (χ4v) is 4.57. The highest BCUT2D eigenvalue weighted by Crippen LogP contribution is 2.21. The minimum absolute atomic E-state index is 0.0984. The average Bonchev–Trinajstić information content (AvgIpc) is 2.73. The van der Waals surface area contributed by atoms with E-state index in [2.05, 4.69) is 10.5 Å². The van der Waals surface area contributed by atoms with E-state index in [0.29, 0.717) is 24.4 Å². The minimum Gasteiger partial charge on any atom is -0.267 e. The molecule has 0 saturated carbocycles. The lowest BCUT2D eigenvalue weighted by Crippen LogP contribution is -2.35. The highest BCUT2D eigenvalue weighted by molar-refractivity contribution is 7.89. The number of hydrogen-bond donors (Lipinski definition) is 1. The van der Waals surface area contributed by atoms with E-state index in [1.165, 1.54) is 34.6 Å². The summed E-state index contributed by atoms with van der Waals surface area (Å²) in [6.45, 7) is 2.69. The van der Waals surface area contributed by atoms with Crippen LogP contribution in [0.2, 0.25) is 0 Å². The maximum absolute atomic E-state index is 13.0. The average molecular weight is 403 g/mol. The molecule has 8 heteroatoms. The zero-order valence-corrected chi connectivity index (χ0v) is 16.4. The van der Waals surface area contributed by atoms with Crippen LogP contribution in [0.3, 0.4) is 0 Å². The number of hydrazone groups is 1. The molecule has 1 saturated heterocycles. The SMILES string of the molecule is C/C(=N/NC(=O)c1cccc(S(=O)(=O)N2CCCCC2)c1)c1ccc(F)cc1. The van der Waals surface area contributed by atoms with Crippen molar-refractivity contribution in [1.82, 2.24) is 9.73 Å². The molecule has 3 rings (SSSR count). The molecule has 2 aromatic carbocycles. The van der Waals surface area contributed by atoms with Crippen molar-refractivity contribution in [2.45, 2.75) is 31.1 Å². The number of piperidine rings is 1. The largest absolute Gasteiger partial charge is 0.271 e. The topological polar surface area (TPSA) is 78.8 Å². The van der Waals surface area contributed by atoms with E-state index in [9.17, 15) is 17.6 Å². The summed E-state index contributed by atoms with van der Waals surface area (Å²) in [5.41, 5.74) is 3.79. The molecule has 0 unspecified atom stereocenters. The molecule has 0 radical (unpaired) electrons. The van der Waals surface area contributed by atoms with Gasteiger partial charge in [-0.1, -0.05) is 24.6 Å². The Balaban J connectivity index is 1.75. The summed E-state index contributed by atoms with van der Waals surface area (Å²) in [4.78, 5) is 12.5. The van der Waals surface area contributed by atoms with Crippen LogP contribution in [0.5, 0.6) is 0 Å². The van der Waals surface area contributed by atoms with E-state index in [1.54, 1.807) is 25.1 Å². The third-order valence-electron chi connectivity index (χ3n) is 4.64. The third kappa shape index (κ3) is 4.63. The normalized spacial score (nSPS) is 16.0. The van der Waals surface area contributed by atoms with Crippen molar-refractivity contribution in [1.29, 1.82) is 0 Å². The maximum Gasteiger partial charge on any atom is 0.271 e. The monoisotopic (exact) mass is 403 g/mol. The van der Waals surface area contributed by atoms with Crippen LogP contribution in [0.25, 0.3) is 0 Å². The molecular formula is C20H22FN3O3S. The Labute approximate surface area is 164 Å². The van der Waals surface area contributed by atoms with Gasteiger partial charge in [0.05, 0.1) is 10.6 Å². The zero-order valence-electron chi connectivity index (χ0n) is 15.6. The van der Waals surface area contributed by atoms with Gasteiger partial charge in [0.15, 0.2) is 0 Å². The Kier molecular flexibility index (Phi) is 6.21. The predicted octanol–water partition coefficient (Wildman–Crippen LogP) is 3.15. The van der Waals surface area contributed by atoms with Gasteiger partial charge in [0.2, 0.25) is 10.0 Å². The first-order chi connectivity index (χ1) is 13.4. The van der Waals surface area contributed by atoms with Gasteiger partial charge in [0.25, 0.3) is 5.91 Å². The smallest absolute Gasteiger partial charge is 0.267 e. The molecule has 6 nitrogen and oxygen atoms in total. The Morgan fingerprint density at radius 3 is 2.39 bits per heavy atom. The fourth-order valence-electron chi connectivity index (χ4n) is 3.01. The lowest BCUT2D eigenvalue weighted by atomic mass is 10.1. The summed E-state index contributed by atoms with van der Waals surface area (Å²) in [6.07, 6.45) is 2.72. The molecule has 1 fully saturated rings. The van der Waals surface area contributed by atoms with Crippen molar-refractivity contribution in [2.24, 2.45) is 5.10 Å². The second-order valence-corrected chi connectivity index (χ2v) is 8.58. The molecule has 1 aliphatic rings. The van der Waals surface area contributed by atoms with Crippen molar-refractivity contribution in [3.63, 3.8) is 0 Å². The lowest BCUT2D eigenvalue weighted by Gasteiger charge is -2.25. The summed E-state index contributed by atoms with van der Waals surface area (Å²) in [5, 5.41) is 4.02. The number of halogens is 1. The molecule has 28 heavy (non-hydrogen) atoms.